The Labute approximate surface area is 190 Å². The van der Waals surface area contributed by atoms with Crippen LogP contribution in [-0.4, -0.2) is 75.9 Å². The largest absolute Gasteiger partial charge is 0.381 e. The second-order valence-corrected chi connectivity index (χ2v) is 11.2. The Hall–Kier alpha value is -0.200. The Morgan fingerprint density at radius 2 is 1.32 bits per heavy atom. The van der Waals surface area contributed by atoms with E-state index in [2.05, 4.69) is 25.7 Å². The number of likely N-dealkylation sites (tertiary alicyclic amines) is 1. The average molecular weight is 438 g/mol. The van der Waals surface area contributed by atoms with Crippen LogP contribution in [0.5, 0.6) is 0 Å². The standard InChI is InChI=1S/C26H47NO4/c1-15-10-20-21(8-9-22(29-5)26(20)23(11-15)30-6)27-16(2)12-18-13-19(28-4)14-24(31-7)25(18)17(27)3/h15-26H,8-14H2,1-7H3. The first-order valence-corrected chi connectivity index (χ1v) is 12.8. The molecule has 5 heteroatoms. The van der Waals surface area contributed by atoms with E-state index in [-0.39, 0.29) is 0 Å². The van der Waals surface area contributed by atoms with E-state index in [1.165, 1.54) is 32.1 Å². The number of hydrogen-bond acceptors (Lipinski definition) is 5. The zero-order chi connectivity index (χ0) is 22.3. The summed E-state index contributed by atoms with van der Waals surface area (Å²) in [5.41, 5.74) is 0. The minimum absolute atomic E-state index is 0.303. The molecule has 4 fully saturated rings. The van der Waals surface area contributed by atoms with Crippen LogP contribution in [0.2, 0.25) is 0 Å². The summed E-state index contributed by atoms with van der Waals surface area (Å²) >= 11 is 0. The van der Waals surface area contributed by atoms with Gasteiger partial charge < -0.3 is 18.9 Å². The predicted octanol–water partition coefficient (Wildman–Crippen LogP) is 4.38. The lowest BCUT2D eigenvalue weighted by atomic mass is 9.60. The molecule has 1 heterocycles. The molecule has 0 N–H and O–H groups in total. The van der Waals surface area contributed by atoms with Gasteiger partial charge in [-0.15, -0.1) is 0 Å². The van der Waals surface area contributed by atoms with Crippen LogP contribution in [-0.2, 0) is 18.9 Å². The van der Waals surface area contributed by atoms with Gasteiger partial charge in [-0.1, -0.05) is 6.92 Å². The Balaban J connectivity index is 1.60. The van der Waals surface area contributed by atoms with Gasteiger partial charge in [-0.25, -0.2) is 0 Å². The molecule has 180 valence electrons. The van der Waals surface area contributed by atoms with Crippen molar-refractivity contribution in [3.63, 3.8) is 0 Å². The Kier molecular flexibility index (Phi) is 7.70. The second-order valence-electron chi connectivity index (χ2n) is 11.2. The van der Waals surface area contributed by atoms with Gasteiger partial charge in [-0.05, 0) is 70.1 Å². The molecule has 0 aromatic rings. The van der Waals surface area contributed by atoms with Crippen molar-refractivity contribution in [1.82, 2.24) is 4.90 Å². The SMILES string of the molecule is COC1CC2CC(C)N(C3CCC(OC)C4C(OC)CC(C)CC43)C(C)C2C(OC)C1. The fourth-order valence-electron chi connectivity index (χ4n) is 8.62. The quantitative estimate of drug-likeness (QED) is 0.638. The molecule has 31 heavy (non-hydrogen) atoms. The maximum atomic E-state index is 6.08. The van der Waals surface area contributed by atoms with Crippen LogP contribution in [0.25, 0.3) is 0 Å². The summed E-state index contributed by atoms with van der Waals surface area (Å²) in [6, 6.07) is 1.77. The van der Waals surface area contributed by atoms with Gasteiger partial charge in [0.05, 0.1) is 24.4 Å². The van der Waals surface area contributed by atoms with Crippen LogP contribution in [0.1, 0.15) is 65.7 Å². The summed E-state index contributed by atoms with van der Waals surface area (Å²) in [6.07, 6.45) is 9.67. The second kappa shape index (κ2) is 9.97. The number of rotatable bonds is 5. The lowest BCUT2D eigenvalue weighted by Gasteiger charge is -2.60. The van der Waals surface area contributed by atoms with E-state index in [0.29, 0.717) is 66.2 Å². The minimum Gasteiger partial charge on any atom is -0.381 e. The van der Waals surface area contributed by atoms with E-state index in [1.54, 1.807) is 0 Å². The molecule has 4 rings (SSSR count). The van der Waals surface area contributed by atoms with Crippen LogP contribution in [0.4, 0.5) is 0 Å². The van der Waals surface area contributed by atoms with Crippen LogP contribution in [0.3, 0.4) is 0 Å². The van der Waals surface area contributed by atoms with Gasteiger partial charge in [0.1, 0.15) is 0 Å². The zero-order valence-electron chi connectivity index (χ0n) is 21.0. The van der Waals surface area contributed by atoms with Crippen molar-refractivity contribution in [3.8, 4) is 0 Å². The smallest absolute Gasteiger partial charge is 0.0641 e. The average Bonchev–Trinajstić information content (AvgIpc) is 2.77. The Morgan fingerprint density at radius 3 is 1.97 bits per heavy atom. The molecule has 1 saturated heterocycles. The number of methoxy groups -OCH3 is 4. The van der Waals surface area contributed by atoms with E-state index >= 15 is 0 Å². The number of ether oxygens (including phenoxy) is 4. The van der Waals surface area contributed by atoms with Crippen LogP contribution >= 0.6 is 0 Å². The first-order chi connectivity index (χ1) is 14.9. The van der Waals surface area contributed by atoms with E-state index < -0.39 is 0 Å². The highest BCUT2D eigenvalue weighted by Crippen LogP contribution is 2.51. The summed E-state index contributed by atoms with van der Waals surface area (Å²) < 4.78 is 24.0. The van der Waals surface area contributed by atoms with E-state index in [4.69, 9.17) is 18.9 Å². The van der Waals surface area contributed by atoms with Crippen molar-refractivity contribution in [1.29, 1.82) is 0 Å². The van der Waals surface area contributed by atoms with E-state index in [0.717, 1.165) is 18.8 Å². The van der Waals surface area contributed by atoms with E-state index in [9.17, 15) is 0 Å². The predicted molar refractivity (Wildman–Crippen MR) is 123 cm³/mol. The van der Waals surface area contributed by atoms with Crippen LogP contribution in [0, 0.1) is 29.6 Å². The van der Waals surface area contributed by atoms with Crippen molar-refractivity contribution in [2.45, 2.75) is 108 Å². The van der Waals surface area contributed by atoms with E-state index in [1.807, 2.05) is 28.4 Å². The van der Waals surface area contributed by atoms with Gasteiger partial charge in [0, 0.05) is 64.8 Å². The zero-order valence-corrected chi connectivity index (χ0v) is 21.0. The van der Waals surface area contributed by atoms with Gasteiger partial charge in [-0.3, -0.25) is 4.90 Å². The van der Waals surface area contributed by atoms with Gasteiger partial charge >= 0.3 is 0 Å². The Bertz CT molecular complexity index is 588. The molecule has 5 nitrogen and oxygen atoms in total. The number of nitrogens with zero attached hydrogens (tertiary/aromatic N) is 1. The summed E-state index contributed by atoms with van der Waals surface area (Å²) in [5, 5.41) is 0. The summed E-state index contributed by atoms with van der Waals surface area (Å²) in [7, 11) is 7.58. The van der Waals surface area contributed by atoms with Gasteiger partial charge in [-0.2, -0.15) is 0 Å². The summed E-state index contributed by atoms with van der Waals surface area (Å²) in [6.45, 7) is 7.38. The van der Waals surface area contributed by atoms with Crippen molar-refractivity contribution in [2.24, 2.45) is 29.6 Å². The molecular weight excluding hydrogens is 390 g/mol. The topological polar surface area (TPSA) is 40.2 Å². The monoisotopic (exact) mass is 437 g/mol. The minimum atomic E-state index is 0.303. The maximum absolute atomic E-state index is 6.08. The molecule has 1 aliphatic heterocycles. The number of piperidine rings is 1. The highest BCUT2D eigenvalue weighted by Gasteiger charge is 2.54. The molecule has 0 amide bonds. The molecule has 0 aromatic heterocycles. The summed E-state index contributed by atoms with van der Waals surface area (Å²) in [5.74, 6) is 3.20. The van der Waals surface area contributed by atoms with Crippen molar-refractivity contribution in [2.75, 3.05) is 28.4 Å². The lowest BCUT2D eigenvalue weighted by Crippen LogP contribution is -2.65. The third-order valence-electron chi connectivity index (χ3n) is 9.74. The fourth-order valence-corrected chi connectivity index (χ4v) is 8.62. The summed E-state index contributed by atoms with van der Waals surface area (Å²) in [4.78, 5) is 2.93. The van der Waals surface area contributed by atoms with Crippen molar-refractivity contribution in [3.05, 3.63) is 0 Å². The highest BCUT2D eigenvalue weighted by atomic mass is 16.5. The molecule has 3 aliphatic carbocycles. The van der Waals surface area contributed by atoms with Crippen molar-refractivity contribution < 1.29 is 18.9 Å². The first kappa shape index (κ1) is 23.9. The van der Waals surface area contributed by atoms with Crippen molar-refractivity contribution >= 4 is 0 Å². The molecule has 12 atom stereocenters. The molecule has 4 aliphatic rings. The van der Waals surface area contributed by atoms with Gasteiger partial charge in [0.25, 0.3) is 0 Å². The molecule has 3 saturated carbocycles. The normalized spacial score (nSPS) is 51.2. The third-order valence-corrected chi connectivity index (χ3v) is 9.74. The lowest BCUT2D eigenvalue weighted by molar-refractivity contribution is -0.169. The van der Waals surface area contributed by atoms with Gasteiger partial charge in [0.15, 0.2) is 0 Å². The Morgan fingerprint density at radius 1 is 0.645 bits per heavy atom. The molecule has 12 unspecified atom stereocenters. The molecule has 0 spiro atoms. The maximum Gasteiger partial charge on any atom is 0.0641 e. The fraction of sp³-hybridized carbons (Fsp3) is 1.00. The number of hydrogen-bond donors (Lipinski definition) is 0. The first-order valence-electron chi connectivity index (χ1n) is 12.8. The van der Waals surface area contributed by atoms with Crippen LogP contribution in [0.15, 0.2) is 0 Å². The number of fused-ring (bicyclic) bond motifs is 2. The molecule has 0 radical (unpaired) electrons. The molecular formula is C26H47NO4. The van der Waals surface area contributed by atoms with Gasteiger partial charge in [0.2, 0.25) is 0 Å². The molecule has 0 bridgehead atoms. The molecule has 0 aromatic carbocycles. The highest BCUT2D eigenvalue weighted by molar-refractivity contribution is 5.06. The van der Waals surface area contributed by atoms with Crippen LogP contribution < -0.4 is 0 Å². The third kappa shape index (κ3) is 4.35.